The number of rotatable bonds is 5. The number of fused-ring (bicyclic) bond motifs is 1. The highest BCUT2D eigenvalue weighted by Crippen LogP contribution is 2.26. The maximum atomic E-state index is 12.2. The van der Waals surface area contributed by atoms with E-state index < -0.39 is 0 Å². The molecule has 4 rings (SSSR count). The van der Waals surface area contributed by atoms with E-state index in [1.54, 1.807) is 0 Å². The minimum atomic E-state index is -0.0797. The molecule has 1 aliphatic carbocycles. The smallest absolute Gasteiger partial charge is 0.277 e. The van der Waals surface area contributed by atoms with Crippen molar-refractivity contribution in [3.05, 3.63) is 58.7 Å². The van der Waals surface area contributed by atoms with Crippen LogP contribution in [0.3, 0.4) is 0 Å². The molecule has 1 aromatic heterocycles. The summed E-state index contributed by atoms with van der Waals surface area (Å²) >= 11 is 1.24. The van der Waals surface area contributed by atoms with Crippen LogP contribution in [0, 0.1) is 13.8 Å². The first-order chi connectivity index (χ1) is 13.1. The first-order valence-corrected chi connectivity index (χ1v) is 10.0. The third-order valence-corrected chi connectivity index (χ3v) is 5.69. The van der Waals surface area contributed by atoms with Crippen LogP contribution in [0.4, 0.5) is 5.69 Å². The number of hydrogen-bond donors (Lipinski definition) is 1. The molecule has 6 heteroatoms. The summed E-state index contributed by atoms with van der Waals surface area (Å²) in [5, 5.41) is 11.5. The molecule has 0 bridgehead atoms. The van der Waals surface area contributed by atoms with Gasteiger partial charge in [-0.2, -0.15) is 0 Å². The number of hydrogen-bond acceptors (Lipinski definition) is 5. The molecule has 2 aromatic carbocycles. The van der Waals surface area contributed by atoms with Crippen molar-refractivity contribution in [3.63, 3.8) is 0 Å². The molecule has 0 fully saturated rings. The lowest BCUT2D eigenvalue weighted by Crippen LogP contribution is -2.14. The Morgan fingerprint density at radius 3 is 2.78 bits per heavy atom. The Bertz CT molecular complexity index is 997. The quantitative estimate of drug-likeness (QED) is 0.658. The van der Waals surface area contributed by atoms with Crippen LogP contribution in [0.5, 0.6) is 0 Å². The van der Waals surface area contributed by atoms with Crippen LogP contribution in [0.2, 0.25) is 0 Å². The average Bonchev–Trinajstić information content (AvgIpc) is 3.31. The number of aromatic nitrogens is 2. The maximum absolute atomic E-state index is 12.2. The fraction of sp³-hybridized carbons (Fsp3) is 0.286. The summed E-state index contributed by atoms with van der Waals surface area (Å²) in [4.78, 5) is 12.2. The van der Waals surface area contributed by atoms with E-state index in [-0.39, 0.29) is 11.7 Å². The van der Waals surface area contributed by atoms with Crippen molar-refractivity contribution in [2.24, 2.45) is 0 Å². The molecule has 1 N–H and O–H groups in total. The summed E-state index contributed by atoms with van der Waals surface area (Å²) in [5.41, 5.74) is 6.87. The molecule has 0 aliphatic heterocycles. The number of carbonyl (C=O) groups is 1. The standard InChI is InChI=1S/C21H21N3O2S/c1-13-6-7-17(10-14(13)2)20-23-24-21(26-20)27-12-19(25)22-18-9-8-15-4-3-5-16(15)11-18/h6-11H,3-5,12H2,1-2H3,(H,22,25). The van der Waals surface area contributed by atoms with Crippen LogP contribution >= 0.6 is 11.8 Å². The van der Waals surface area contributed by atoms with Crippen LogP contribution in [-0.2, 0) is 17.6 Å². The molecule has 1 heterocycles. The molecule has 0 saturated carbocycles. The molecule has 0 spiro atoms. The zero-order chi connectivity index (χ0) is 18.8. The molecule has 1 amide bonds. The molecule has 3 aromatic rings. The molecule has 1 aliphatic rings. The normalized spacial score (nSPS) is 12.8. The summed E-state index contributed by atoms with van der Waals surface area (Å²) < 4.78 is 5.69. The van der Waals surface area contributed by atoms with E-state index in [4.69, 9.17) is 4.42 Å². The van der Waals surface area contributed by atoms with Gasteiger partial charge in [0.1, 0.15) is 0 Å². The van der Waals surface area contributed by atoms with Crippen LogP contribution in [0.1, 0.15) is 28.7 Å². The number of amides is 1. The Hall–Kier alpha value is -2.60. The van der Waals surface area contributed by atoms with Gasteiger partial charge < -0.3 is 9.73 Å². The van der Waals surface area contributed by atoms with Crippen LogP contribution in [0.15, 0.2) is 46.0 Å². The third-order valence-electron chi connectivity index (χ3n) is 4.87. The zero-order valence-electron chi connectivity index (χ0n) is 15.4. The number of anilines is 1. The van der Waals surface area contributed by atoms with Gasteiger partial charge in [-0.05, 0) is 79.6 Å². The molecule has 0 unspecified atom stereocenters. The summed E-state index contributed by atoms with van der Waals surface area (Å²) in [6, 6.07) is 12.2. The van der Waals surface area contributed by atoms with Gasteiger partial charge in [0, 0.05) is 11.3 Å². The van der Waals surface area contributed by atoms with E-state index in [2.05, 4.69) is 34.6 Å². The van der Waals surface area contributed by atoms with Crippen molar-refractivity contribution in [1.82, 2.24) is 10.2 Å². The van der Waals surface area contributed by atoms with Crippen molar-refractivity contribution in [3.8, 4) is 11.5 Å². The number of carbonyl (C=O) groups excluding carboxylic acids is 1. The lowest BCUT2D eigenvalue weighted by Gasteiger charge is -2.06. The Kier molecular flexibility index (Phi) is 4.99. The van der Waals surface area contributed by atoms with Crippen molar-refractivity contribution in [2.75, 3.05) is 11.1 Å². The van der Waals surface area contributed by atoms with Crippen molar-refractivity contribution in [2.45, 2.75) is 38.3 Å². The van der Waals surface area contributed by atoms with Gasteiger partial charge in [-0.3, -0.25) is 4.79 Å². The number of nitrogens with zero attached hydrogens (tertiary/aromatic N) is 2. The summed E-state index contributed by atoms with van der Waals surface area (Å²) in [6.45, 7) is 4.11. The maximum Gasteiger partial charge on any atom is 0.277 e. The van der Waals surface area contributed by atoms with Crippen molar-refractivity contribution >= 4 is 23.4 Å². The van der Waals surface area contributed by atoms with E-state index >= 15 is 0 Å². The lowest BCUT2D eigenvalue weighted by molar-refractivity contribution is -0.113. The van der Waals surface area contributed by atoms with Crippen molar-refractivity contribution in [1.29, 1.82) is 0 Å². The summed E-state index contributed by atoms with van der Waals surface area (Å²) in [5.74, 6) is 0.620. The van der Waals surface area contributed by atoms with E-state index in [0.717, 1.165) is 24.1 Å². The van der Waals surface area contributed by atoms with E-state index in [1.165, 1.54) is 40.4 Å². The highest BCUT2D eigenvalue weighted by atomic mass is 32.2. The summed E-state index contributed by atoms with van der Waals surface area (Å²) in [7, 11) is 0. The van der Waals surface area contributed by atoms with Gasteiger partial charge in [0.05, 0.1) is 5.75 Å². The predicted octanol–water partition coefficient (Wildman–Crippen LogP) is 4.57. The first kappa shape index (κ1) is 17.8. The molecular weight excluding hydrogens is 358 g/mol. The van der Waals surface area contributed by atoms with Crippen molar-refractivity contribution < 1.29 is 9.21 Å². The van der Waals surface area contributed by atoms with Gasteiger partial charge >= 0.3 is 0 Å². The van der Waals surface area contributed by atoms with E-state index in [9.17, 15) is 4.79 Å². The molecule has 0 saturated heterocycles. The second-order valence-corrected chi connectivity index (χ2v) is 7.77. The fourth-order valence-electron chi connectivity index (χ4n) is 3.23. The highest BCUT2D eigenvalue weighted by molar-refractivity contribution is 7.99. The monoisotopic (exact) mass is 379 g/mol. The van der Waals surface area contributed by atoms with Gasteiger partial charge in [0.2, 0.25) is 11.8 Å². The number of thioether (sulfide) groups is 1. The SMILES string of the molecule is Cc1ccc(-c2nnc(SCC(=O)Nc3ccc4c(c3)CCC4)o2)cc1C. The van der Waals surface area contributed by atoms with E-state index in [0.29, 0.717) is 11.1 Å². The van der Waals surface area contributed by atoms with Crippen LogP contribution in [0.25, 0.3) is 11.5 Å². The van der Waals surface area contributed by atoms with Crippen LogP contribution in [-0.4, -0.2) is 21.9 Å². The molecule has 0 radical (unpaired) electrons. The third kappa shape index (κ3) is 4.06. The Morgan fingerprint density at radius 2 is 1.93 bits per heavy atom. The molecule has 27 heavy (non-hydrogen) atoms. The predicted molar refractivity (Wildman–Crippen MR) is 107 cm³/mol. The average molecular weight is 379 g/mol. The molecular formula is C21H21N3O2S. The minimum absolute atomic E-state index is 0.0797. The van der Waals surface area contributed by atoms with E-state index in [1.807, 2.05) is 31.2 Å². The Morgan fingerprint density at radius 1 is 1.07 bits per heavy atom. The number of benzene rings is 2. The Labute approximate surface area is 162 Å². The fourth-order valence-corrected chi connectivity index (χ4v) is 3.80. The lowest BCUT2D eigenvalue weighted by atomic mass is 10.1. The molecule has 138 valence electrons. The highest BCUT2D eigenvalue weighted by Gasteiger charge is 2.14. The number of nitrogens with one attached hydrogen (secondary N) is 1. The van der Waals surface area contributed by atoms with Gasteiger partial charge in [-0.25, -0.2) is 0 Å². The van der Waals surface area contributed by atoms with Gasteiger partial charge in [0.15, 0.2) is 0 Å². The molecule has 0 atom stereocenters. The second-order valence-electron chi connectivity index (χ2n) is 6.85. The minimum Gasteiger partial charge on any atom is -0.411 e. The van der Waals surface area contributed by atoms with Gasteiger partial charge in [0.25, 0.3) is 5.22 Å². The zero-order valence-corrected chi connectivity index (χ0v) is 16.2. The van der Waals surface area contributed by atoms with Crippen LogP contribution < -0.4 is 5.32 Å². The topological polar surface area (TPSA) is 68.0 Å². The number of aryl methyl sites for hydroxylation is 4. The van der Waals surface area contributed by atoms with Gasteiger partial charge in [-0.15, -0.1) is 10.2 Å². The summed E-state index contributed by atoms with van der Waals surface area (Å²) in [6.07, 6.45) is 3.43. The Balaban J connectivity index is 1.35. The van der Waals surface area contributed by atoms with Gasteiger partial charge in [-0.1, -0.05) is 23.9 Å². The first-order valence-electron chi connectivity index (χ1n) is 9.04. The second kappa shape index (κ2) is 7.56. The molecule has 5 nitrogen and oxygen atoms in total. The largest absolute Gasteiger partial charge is 0.411 e.